The van der Waals surface area contributed by atoms with Crippen molar-refractivity contribution in [2.45, 2.75) is 19.9 Å². The van der Waals surface area contributed by atoms with Gasteiger partial charge in [-0.25, -0.2) is 0 Å². The van der Waals surface area contributed by atoms with Crippen molar-refractivity contribution in [3.8, 4) is 12.3 Å². The zero-order valence-electron chi connectivity index (χ0n) is 13.7. The van der Waals surface area contributed by atoms with E-state index in [2.05, 4.69) is 28.1 Å². The molecule has 1 aromatic carbocycles. The normalized spacial score (nSPS) is 18.5. The number of likely N-dealkylation sites (N-methyl/N-ethyl adjacent to an activating group) is 1. The van der Waals surface area contributed by atoms with Gasteiger partial charge in [0.1, 0.15) is 0 Å². The SMILES string of the molecule is C#CC(N1CCN(C)CC1)C(C)(C)C(=O)Nc1ccccc1. The Balaban J connectivity index is 2.09. The molecule has 1 amide bonds. The second kappa shape index (κ2) is 6.95. The molecule has 1 aliphatic rings. The maximum atomic E-state index is 12.7. The molecule has 0 bridgehead atoms. The monoisotopic (exact) mass is 299 g/mol. The topological polar surface area (TPSA) is 35.6 Å². The largest absolute Gasteiger partial charge is 0.326 e. The Morgan fingerprint density at radius 1 is 1.23 bits per heavy atom. The van der Waals surface area contributed by atoms with Gasteiger partial charge in [0.15, 0.2) is 0 Å². The van der Waals surface area contributed by atoms with E-state index in [1.54, 1.807) is 0 Å². The summed E-state index contributed by atoms with van der Waals surface area (Å²) in [7, 11) is 2.11. The van der Waals surface area contributed by atoms with Crippen molar-refractivity contribution in [1.82, 2.24) is 9.80 Å². The van der Waals surface area contributed by atoms with E-state index in [4.69, 9.17) is 6.42 Å². The highest BCUT2D eigenvalue weighted by Gasteiger charge is 2.40. The molecule has 0 radical (unpaired) electrons. The van der Waals surface area contributed by atoms with Gasteiger partial charge in [0, 0.05) is 31.9 Å². The molecular weight excluding hydrogens is 274 g/mol. The lowest BCUT2D eigenvalue weighted by molar-refractivity contribution is -0.126. The summed E-state index contributed by atoms with van der Waals surface area (Å²) in [6.07, 6.45) is 5.77. The number of benzene rings is 1. The molecule has 22 heavy (non-hydrogen) atoms. The lowest BCUT2D eigenvalue weighted by Gasteiger charge is -2.41. The molecule has 0 aromatic heterocycles. The van der Waals surface area contributed by atoms with Crippen LogP contribution in [-0.4, -0.2) is 55.0 Å². The van der Waals surface area contributed by atoms with E-state index in [-0.39, 0.29) is 11.9 Å². The van der Waals surface area contributed by atoms with Gasteiger partial charge in [-0.3, -0.25) is 9.69 Å². The minimum absolute atomic E-state index is 0.0411. The molecule has 1 atom stereocenters. The standard InChI is InChI=1S/C18H25N3O/c1-5-16(21-13-11-20(4)12-14-21)18(2,3)17(22)19-15-9-7-6-8-10-15/h1,6-10,16H,11-14H2,2-4H3,(H,19,22). The van der Waals surface area contributed by atoms with Crippen LogP contribution in [0.25, 0.3) is 0 Å². The minimum atomic E-state index is -0.652. The quantitative estimate of drug-likeness (QED) is 0.863. The fraction of sp³-hybridized carbons (Fsp3) is 0.500. The number of piperazine rings is 1. The summed E-state index contributed by atoms with van der Waals surface area (Å²) < 4.78 is 0. The van der Waals surface area contributed by atoms with Gasteiger partial charge in [0.2, 0.25) is 5.91 Å². The first-order valence-electron chi connectivity index (χ1n) is 7.70. The van der Waals surface area contributed by atoms with E-state index >= 15 is 0 Å². The highest BCUT2D eigenvalue weighted by Crippen LogP contribution is 2.27. The van der Waals surface area contributed by atoms with Crippen molar-refractivity contribution in [3.05, 3.63) is 30.3 Å². The minimum Gasteiger partial charge on any atom is -0.326 e. The van der Waals surface area contributed by atoms with Crippen LogP contribution in [0.4, 0.5) is 5.69 Å². The molecule has 4 nitrogen and oxygen atoms in total. The van der Waals surface area contributed by atoms with E-state index < -0.39 is 5.41 Å². The van der Waals surface area contributed by atoms with Crippen LogP contribution in [0.1, 0.15) is 13.8 Å². The van der Waals surface area contributed by atoms with Crippen LogP contribution in [0, 0.1) is 17.8 Å². The van der Waals surface area contributed by atoms with Crippen LogP contribution < -0.4 is 5.32 Å². The summed E-state index contributed by atoms with van der Waals surface area (Å²) in [6, 6.07) is 9.30. The van der Waals surface area contributed by atoms with Gasteiger partial charge >= 0.3 is 0 Å². The van der Waals surface area contributed by atoms with Crippen LogP contribution in [0.5, 0.6) is 0 Å². The maximum absolute atomic E-state index is 12.7. The molecule has 1 aliphatic heterocycles. The highest BCUT2D eigenvalue weighted by molar-refractivity contribution is 5.95. The molecule has 1 heterocycles. The molecule has 1 saturated heterocycles. The van der Waals surface area contributed by atoms with E-state index in [1.807, 2.05) is 44.2 Å². The number of carbonyl (C=O) groups excluding carboxylic acids is 1. The number of anilines is 1. The second-order valence-electron chi connectivity index (χ2n) is 6.45. The van der Waals surface area contributed by atoms with Gasteiger partial charge in [-0.15, -0.1) is 6.42 Å². The number of hydrogen-bond acceptors (Lipinski definition) is 3. The summed E-state index contributed by atoms with van der Waals surface area (Å²) >= 11 is 0. The van der Waals surface area contributed by atoms with E-state index in [9.17, 15) is 4.79 Å². The number of nitrogens with zero attached hydrogens (tertiary/aromatic N) is 2. The molecule has 118 valence electrons. The number of para-hydroxylation sites is 1. The third kappa shape index (κ3) is 3.68. The third-order valence-electron chi connectivity index (χ3n) is 4.36. The average molecular weight is 299 g/mol. The van der Waals surface area contributed by atoms with Crippen LogP contribution >= 0.6 is 0 Å². The maximum Gasteiger partial charge on any atom is 0.232 e. The first-order valence-corrected chi connectivity index (χ1v) is 7.70. The van der Waals surface area contributed by atoms with Crippen molar-refractivity contribution < 1.29 is 4.79 Å². The molecule has 1 aromatic rings. The van der Waals surface area contributed by atoms with Crippen molar-refractivity contribution in [3.63, 3.8) is 0 Å². The Kier molecular flexibility index (Phi) is 5.23. The zero-order valence-corrected chi connectivity index (χ0v) is 13.7. The van der Waals surface area contributed by atoms with Crippen LogP contribution in [-0.2, 0) is 4.79 Å². The van der Waals surface area contributed by atoms with Crippen LogP contribution in [0.15, 0.2) is 30.3 Å². The van der Waals surface area contributed by atoms with Crippen molar-refractivity contribution >= 4 is 11.6 Å². The van der Waals surface area contributed by atoms with Gasteiger partial charge in [-0.2, -0.15) is 0 Å². The van der Waals surface area contributed by atoms with Gasteiger partial charge < -0.3 is 10.2 Å². The van der Waals surface area contributed by atoms with E-state index in [1.165, 1.54) is 0 Å². The number of amides is 1. The Morgan fingerprint density at radius 3 is 2.36 bits per heavy atom. The smallest absolute Gasteiger partial charge is 0.232 e. The Labute approximate surface area is 133 Å². The van der Waals surface area contributed by atoms with Gasteiger partial charge in [-0.05, 0) is 33.0 Å². The molecule has 0 spiro atoms. The Bertz CT molecular complexity index is 539. The van der Waals surface area contributed by atoms with Gasteiger partial charge in [-0.1, -0.05) is 24.1 Å². The predicted octanol–water partition coefficient (Wildman–Crippen LogP) is 1.90. The summed E-state index contributed by atoms with van der Waals surface area (Å²) in [5, 5.41) is 2.97. The van der Waals surface area contributed by atoms with E-state index in [0.717, 1.165) is 31.9 Å². The molecule has 1 fully saturated rings. The lowest BCUT2D eigenvalue weighted by atomic mass is 9.82. The number of carbonyl (C=O) groups is 1. The molecule has 1 unspecified atom stereocenters. The summed E-state index contributed by atoms with van der Waals surface area (Å²) in [5.74, 6) is 2.80. The van der Waals surface area contributed by atoms with Crippen LogP contribution in [0.2, 0.25) is 0 Å². The number of nitrogens with one attached hydrogen (secondary N) is 1. The first-order chi connectivity index (χ1) is 10.4. The van der Waals surface area contributed by atoms with E-state index in [0.29, 0.717) is 0 Å². The van der Waals surface area contributed by atoms with Crippen molar-refractivity contribution in [2.75, 3.05) is 38.5 Å². The summed E-state index contributed by atoms with van der Waals surface area (Å²) in [5.41, 5.74) is 0.148. The molecule has 1 N–H and O–H groups in total. The molecule has 0 saturated carbocycles. The van der Waals surface area contributed by atoms with Gasteiger partial charge in [0.05, 0.1) is 11.5 Å². The molecule has 0 aliphatic carbocycles. The number of hydrogen-bond donors (Lipinski definition) is 1. The second-order valence-corrected chi connectivity index (χ2v) is 6.45. The fourth-order valence-corrected chi connectivity index (χ4v) is 2.79. The third-order valence-corrected chi connectivity index (χ3v) is 4.36. The number of rotatable bonds is 4. The Morgan fingerprint density at radius 2 is 1.82 bits per heavy atom. The Hall–Kier alpha value is -1.83. The van der Waals surface area contributed by atoms with Crippen molar-refractivity contribution in [1.29, 1.82) is 0 Å². The molecular formula is C18H25N3O. The van der Waals surface area contributed by atoms with Gasteiger partial charge in [0.25, 0.3) is 0 Å². The zero-order chi connectivity index (χ0) is 16.2. The molecule has 4 heteroatoms. The lowest BCUT2D eigenvalue weighted by Crippen LogP contribution is -2.55. The summed E-state index contributed by atoms with van der Waals surface area (Å²) in [6.45, 7) is 7.60. The average Bonchev–Trinajstić information content (AvgIpc) is 2.50. The number of terminal acetylenes is 1. The first kappa shape index (κ1) is 16.5. The fourth-order valence-electron chi connectivity index (χ4n) is 2.79. The predicted molar refractivity (Wildman–Crippen MR) is 90.5 cm³/mol. The van der Waals surface area contributed by atoms with Crippen molar-refractivity contribution in [2.24, 2.45) is 5.41 Å². The molecule has 2 rings (SSSR count). The highest BCUT2D eigenvalue weighted by atomic mass is 16.2. The van der Waals surface area contributed by atoms with Crippen LogP contribution in [0.3, 0.4) is 0 Å². The summed E-state index contributed by atoms with van der Waals surface area (Å²) in [4.78, 5) is 17.2.